The van der Waals surface area contributed by atoms with Crippen LogP contribution in [-0.2, 0) is 11.3 Å². The third kappa shape index (κ3) is 5.16. The molecule has 0 unspecified atom stereocenters. The van der Waals surface area contributed by atoms with Gasteiger partial charge in [-0.2, -0.15) is 0 Å². The Morgan fingerprint density at radius 2 is 2.00 bits per heavy atom. The Hall–Kier alpha value is -4.21. The Kier molecular flexibility index (Phi) is 6.42. The van der Waals surface area contributed by atoms with Gasteiger partial charge < -0.3 is 34.2 Å². The molecule has 0 aliphatic carbocycles. The highest BCUT2D eigenvalue weighted by atomic mass is 16.5. The molecule has 4 bridgehead atoms. The standard InChI is InChI=1S/C25H26N4O6/c1-32-21-7-4-17-12-22(21)34-15-23(30)27-13-16-2-5-18(6-3-16)35-20-8-10-29(25-26-9-11-33-25)14-19(20)28-24(17)31/h2-7,9,11-12,19-20H,8,10,13-15H2,1H3,(H,27,30)(H,28,31)/t19-,20+/m0/s1. The molecule has 1 aromatic heterocycles. The Morgan fingerprint density at radius 1 is 1.14 bits per heavy atom. The highest BCUT2D eigenvalue weighted by molar-refractivity contribution is 5.95. The van der Waals surface area contributed by atoms with Gasteiger partial charge in [0.05, 0.1) is 19.3 Å². The Bertz CT molecular complexity index is 1180. The number of fused-ring (bicyclic) bond motifs is 7. The molecule has 10 nitrogen and oxygen atoms in total. The van der Waals surface area contributed by atoms with Gasteiger partial charge in [-0.1, -0.05) is 12.1 Å². The van der Waals surface area contributed by atoms with Crippen molar-refractivity contribution in [1.82, 2.24) is 15.6 Å². The van der Waals surface area contributed by atoms with E-state index in [0.29, 0.717) is 54.9 Å². The van der Waals surface area contributed by atoms with Crippen LogP contribution < -0.4 is 29.7 Å². The van der Waals surface area contributed by atoms with Gasteiger partial charge >= 0.3 is 0 Å². The molecule has 2 N–H and O–H groups in total. The zero-order chi connectivity index (χ0) is 24.2. The Labute approximate surface area is 202 Å². The summed E-state index contributed by atoms with van der Waals surface area (Å²) >= 11 is 0. The second-order valence-electron chi connectivity index (χ2n) is 8.36. The molecule has 3 aromatic rings. The van der Waals surface area contributed by atoms with Gasteiger partial charge in [-0.15, -0.1) is 0 Å². The summed E-state index contributed by atoms with van der Waals surface area (Å²) in [6.07, 6.45) is 3.51. The van der Waals surface area contributed by atoms with Gasteiger partial charge in [0, 0.05) is 31.6 Å². The van der Waals surface area contributed by atoms with Gasteiger partial charge in [0.2, 0.25) is 0 Å². The molecule has 2 aromatic carbocycles. The normalized spacial score (nSPS) is 20.5. The lowest BCUT2D eigenvalue weighted by Gasteiger charge is -2.38. The minimum Gasteiger partial charge on any atom is -0.493 e. The SMILES string of the molecule is COc1ccc2cc1OCC(=O)NCc1ccc(cc1)O[C@@H]1CCN(c3ncco3)C[C@@H]1NC2=O. The van der Waals surface area contributed by atoms with Crippen LogP contribution in [0.15, 0.2) is 59.3 Å². The number of benzene rings is 2. The number of carbonyl (C=O) groups excluding carboxylic acids is 2. The first-order chi connectivity index (χ1) is 17.1. The molecule has 3 aliphatic rings. The summed E-state index contributed by atoms with van der Waals surface area (Å²) in [6.45, 7) is 1.28. The van der Waals surface area contributed by atoms with Crippen molar-refractivity contribution in [2.45, 2.75) is 25.1 Å². The summed E-state index contributed by atoms with van der Waals surface area (Å²) in [5, 5.41) is 5.93. The number of hydrogen-bond acceptors (Lipinski definition) is 8. The van der Waals surface area contributed by atoms with E-state index >= 15 is 0 Å². The average Bonchev–Trinajstić information content (AvgIpc) is 3.42. The van der Waals surface area contributed by atoms with Gasteiger partial charge in [-0.05, 0) is 35.9 Å². The minimum absolute atomic E-state index is 0.210. The number of carbonyl (C=O) groups is 2. The van der Waals surface area contributed by atoms with Crippen LogP contribution in [0.1, 0.15) is 22.3 Å². The predicted molar refractivity (Wildman–Crippen MR) is 126 cm³/mol. The quantitative estimate of drug-likeness (QED) is 0.576. The summed E-state index contributed by atoms with van der Waals surface area (Å²) in [6, 6.07) is 12.6. The number of aromatic nitrogens is 1. The highest BCUT2D eigenvalue weighted by Crippen LogP contribution is 2.29. The van der Waals surface area contributed by atoms with Crippen LogP contribution in [-0.4, -0.2) is 55.8 Å². The molecule has 2 atom stereocenters. The van der Waals surface area contributed by atoms with Gasteiger partial charge in [-0.3, -0.25) is 9.59 Å². The number of piperidine rings is 1. The van der Waals surface area contributed by atoms with Crippen LogP contribution in [0.25, 0.3) is 0 Å². The number of amides is 2. The zero-order valence-corrected chi connectivity index (χ0v) is 19.2. The number of ether oxygens (including phenoxy) is 3. The van der Waals surface area contributed by atoms with Crippen molar-refractivity contribution < 1.29 is 28.2 Å². The second kappa shape index (κ2) is 9.96. The van der Waals surface area contributed by atoms with Crippen LogP contribution in [0.4, 0.5) is 6.01 Å². The number of methoxy groups -OCH3 is 1. The molecule has 4 heterocycles. The van der Waals surface area contributed by atoms with E-state index in [0.717, 1.165) is 5.56 Å². The Balaban J connectivity index is 1.45. The lowest BCUT2D eigenvalue weighted by Crippen LogP contribution is -2.57. The van der Waals surface area contributed by atoms with Crippen molar-refractivity contribution in [2.24, 2.45) is 0 Å². The van der Waals surface area contributed by atoms with Crippen molar-refractivity contribution in [2.75, 3.05) is 31.7 Å². The van der Waals surface area contributed by atoms with Gasteiger partial charge in [0.1, 0.15) is 18.1 Å². The van der Waals surface area contributed by atoms with Gasteiger partial charge in [0.25, 0.3) is 17.8 Å². The molecule has 35 heavy (non-hydrogen) atoms. The fourth-order valence-electron chi connectivity index (χ4n) is 4.19. The summed E-state index contributed by atoms with van der Waals surface area (Å²) < 4.78 is 22.8. The van der Waals surface area contributed by atoms with E-state index < -0.39 is 0 Å². The monoisotopic (exact) mass is 478 g/mol. The predicted octanol–water partition coefficient (Wildman–Crippen LogP) is 2.15. The minimum atomic E-state index is -0.340. The summed E-state index contributed by atoms with van der Waals surface area (Å²) in [4.78, 5) is 31.8. The number of anilines is 1. The largest absolute Gasteiger partial charge is 0.493 e. The molecule has 10 heteroatoms. The van der Waals surface area contributed by atoms with Crippen LogP contribution in [0.2, 0.25) is 0 Å². The highest BCUT2D eigenvalue weighted by Gasteiger charge is 2.34. The molecule has 0 radical (unpaired) electrons. The smallest absolute Gasteiger partial charge is 0.297 e. The second-order valence-corrected chi connectivity index (χ2v) is 8.36. The fraction of sp³-hybridized carbons (Fsp3) is 0.320. The third-order valence-electron chi connectivity index (χ3n) is 6.04. The number of rotatable bonds is 2. The first kappa shape index (κ1) is 22.6. The van der Waals surface area contributed by atoms with Crippen LogP contribution in [0, 0.1) is 0 Å². The molecule has 0 spiro atoms. The summed E-state index contributed by atoms with van der Waals surface area (Å²) in [7, 11) is 1.50. The molecular weight excluding hydrogens is 452 g/mol. The van der Waals surface area contributed by atoms with Crippen molar-refractivity contribution in [1.29, 1.82) is 0 Å². The van der Waals surface area contributed by atoms with E-state index in [-0.39, 0.29) is 30.6 Å². The molecule has 1 saturated heterocycles. The van der Waals surface area contributed by atoms with Crippen molar-refractivity contribution in [3.8, 4) is 17.2 Å². The molecule has 2 amide bonds. The molecule has 6 rings (SSSR count). The maximum atomic E-state index is 13.3. The molecule has 182 valence electrons. The van der Waals surface area contributed by atoms with Crippen molar-refractivity contribution in [3.63, 3.8) is 0 Å². The number of hydrogen-bond donors (Lipinski definition) is 2. The van der Waals surface area contributed by atoms with Crippen LogP contribution >= 0.6 is 0 Å². The van der Waals surface area contributed by atoms with E-state index in [1.165, 1.54) is 13.4 Å². The fourth-order valence-corrected chi connectivity index (χ4v) is 4.19. The maximum Gasteiger partial charge on any atom is 0.297 e. The van der Waals surface area contributed by atoms with E-state index in [1.807, 2.05) is 29.2 Å². The van der Waals surface area contributed by atoms with Gasteiger partial charge in [-0.25, -0.2) is 4.98 Å². The average molecular weight is 479 g/mol. The van der Waals surface area contributed by atoms with Gasteiger partial charge in [0.15, 0.2) is 18.1 Å². The van der Waals surface area contributed by atoms with E-state index in [9.17, 15) is 9.59 Å². The van der Waals surface area contributed by atoms with Crippen LogP contribution in [0.5, 0.6) is 17.2 Å². The van der Waals surface area contributed by atoms with Crippen molar-refractivity contribution >= 4 is 17.8 Å². The molecule has 3 aliphatic heterocycles. The molecular formula is C25H26N4O6. The molecule has 0 saturated carbocycles. The lowest BCUT2D eigenvalue weighted by molar-refractivity contribution is -0.123. The maximum absolute atomic E-state index is 13.3. The number of nitrogens with one attached hydrogen (secondary N) is 2. The summed E-state index contributed by atoms with van der Waals surface area (Å²) in [5.74, 6) is 0.838. The number of oxazole rings is 1. The Morgan fingerprint density at radius 3 is 2.77 bits per heavy atom. The lowest BCUT2D eigenvalue weighted by atomic mass is 10.0. The van der Waals surface area contributed by atoms with Crippen molar-refractivity contribution in [3.05, 3.63) is 66.1 Å². The first-order valence-corrected chi connectivity index (χ1v) is 11.4. The first-order valence-electron chi connectivity index (χ1n) is 11.4. The van der Waals surface area contributed by atoms with E-state index in [1.54, 1.807) is 24.4 Å². The van der Waals surface area contributed by atoms with E-state index in [4.69, 9.17) is 18.6 Å². The number of nitrogens with zero attached hydrogens (tertiary/aromatic N) is 2. The third-order valence-corrected chi connectivity index (χ3v) is 6.04. The zero-order valence-electron chi connectivity index (χ0n) is 19.2. The summed E-state index contributed by atoms with van der Waals surface area (Å²) in [5.41, 5.74) is 1.31. The van der Waals surface area contributed by atoms with E-state index in [2.05, 4.69) is 15.6 Å². The topological polar surface area (TPSA) is 115 Å². The van der Waals surface area contributed by atoms with Crippen LogP contribution in [0.3, 0.4) is 0 Å². The molecule has 1 fully saturated rings.